The van der Waals surface area contributed by atoms with Crippen molar-refractivity contribution in [2.75, 3.05) is 5.75 Å². The number of nitrogens with zero attached hydrogens (tertiary/aromatic N) is 3. The summed E-state index contributed by atoms with van der Waals surface area (Å²) in [4.78, 5) is 12.0. The van der Waals surface area contributed by atoms with Gasteiger partial charge in [0.1, 0.15) is 6.61 Å². The van der Waals surface area contributed by atoms with Crippen molar-refractivity contribution in [3.8, 4) is 0 Å². The molecule has 0 atom stereocenters. The smallest absolute Gasteiger partial charge is 0.191 e. The van der Waals surface area contributed by atoms with Crippen LogP contribution in [0.2, 0.25) is 10.0 Å². The maximum absolute atomic E-state index is 12.0. The standard InChI is InChI=1S/C12H11Cl2N3O2S/c1-17-11(5-18)15-16-12(17)20-6-10(19)7-2-3-8(13)9(14)4-7/h2-4,18H,5-6H2,1H3. The Morgan fingerprint density at radius 1 is 1.35 bits per heavy atom. The Labute approximate surface area is 129 Å². The lowest BCUT2D eigenvalue weighted by Crippen LogP contribution is -2.04. The summed E-state index contributed by atoms with van der Waals surface area (Å²) in [5.74, 6) is 0.576. The number of halogens is 2. The lowest BCUT2D eigenvalue weighted by molar-refractivity contribution is 0.102. The lowest BCUT2D eigenvalue weighted by Gasteiger charge is -2.03. The third-order valence-corrected chi connectivity index (χ3v) is 4.40. The molecule has 0 fully saturated rings. The molecule has 0 bridgehead atoms. The molecule has 2 rings (SSSR count). The average molecular weight is 332 g/mol. The molecule has 8 heteroatoms. The number of carbonyl (C=O) groups excluding carboxylic acids is 1. The summed E-state index contributed by atoms with van der Waals surface area (Å²) >= 11 is 12.9. The van der Waals surface area contributed by atoms with Gasteiger partial charge in [-0.2, -0.15) is 0 Å². The van der Waals surface area contributed by atoms with Crippen molar-refractivity contribution < 1.29 is 9.90 Å². The minimum Gasteiger partial charge on any atom is -0.388 e. The number of hydrogen-bond donors (Lipinski definition) is 1. The van der Waals surface area contributed by atoms with Gasteiger partial charge in [0.2, 0.25) is 0 Å². The molecule has 20 heavy (non-hydrogen) atoms. The van der Waals surface area contributed by atoms with Crippen molar-refractivity contribution in [1.29, 1.82) is 0 Å². The third kappa shape index (κ3) is 3.32. The highest BCUT2D eigenvalue weighted by Gasteiger charge is 2.13. The van der Waals surface area contributed by atoms with Crippen molar-refractivity contribution >= 4 is 40.7 Å². The van der Waals surface area contributed by atoms with Crippen molar-refractivity contribution in [1.82, 2.24) is 14.8 Å². The summed E-state index contributed by atoms with van der Waals surface area (Å²) in [6.45, 7) is -0.190. The Morgan fingerprint density at radius 2 is 2.10 bits per heavy atom. The molecule has 1 aromatic heterocycles. The highest BCUT2D eigenvalue weighted by molar-refractivity contribution is 7.99. The fourth-order valence-electron chi connectivity index (χ4n) is 1.49. The topological polar surface area (TPSA) is 68.0 Å². The van der Waals surface area contributed by atoms with Crippen LogP contribution in [-0.2, 0) is 13.7 Å². The van der Waals surface area contributed by atoms with Crippen molar-refractivity contribution in [2.24, 2.45) is 7.05 Å². The lowest BCUT2D eigenvalue weighted by atomic mass is 10.1. The zero-order chi connectivity index (χ0) is 14.7. The molecule has 0 saturated heterocycles. The van der Waals surface area contributed by atoms with Crippen LogP contribution in [0.25, 0.3) is 0 Å². The van der Waals surface area contributed by atoms with Gasteiger partial charge in [0.25, 0.3) is 0 Å². The molecule has 0 saturated carbocycles. The maximum atomic E-state index is 12.0. The third-order valence-electron chi connectivity index (χ3n) is 2.64. The van der Waals surface area contributed by atoms with Gasteiger partial charge in [-0.25, -0.2) is 0 Å². The number of carbonyl (C=O) groups is 1. The average Bonchev–Trinajstić information content (AvgIpc) is 2.79. The molecule has 1 heterocycles. The van der Waals surface area contributed by atoms with E-state index in [1.165, 1.54) is 11.8 Å². The van der Waals surface area contributed by atoms with Crippen LogP contribution in [0.3, 0.4) is 0 Å². The Hall–Kier alpha value is -1.08. The zero-order valence-electron chi connectivity index (χ0n) is 10.5. The molecule has 0 unspecified atom stereocenters. The van der Waals surface area contributed by atoms with Gasteiger partial charge < -0.3 is 9.67 Å². The monoisotopic (exact) mass is 331 g/mol. The minimum absolute atomic E-state index is 0.0814. The highest BCUT2D eigenvalue weighted by Crippen LogP contribution is 2.24. The number of aromatic nitrogens is 3. The molecule has 0 aliphatic rings. The van der Waals surface area contributed by atoms with Crippen molar-refractivity contribution in [3.63, 3.8) is 0 Å². The van der Waals surface area contributed by atoms with Crippen LogP contribution >= 0.6 is 35.0 Å². The van der Waals surface area contributed by atoms with Crippen molar-refractivity contribution in [2.45, 2.75) is 11.8 Å². The van der Waals surface area contributed by atoms with E-state index in [2.05, 4.69) is 10.2 Å². The Morgan fingerprint density at radius 3 is 2.70 bits per heavy atom. The molecule has 5 nitrogen and oxygen atoms in total. The largest absolute Gasteiger partial charge is 0.388 e. The fourth-order valence-corrected chi connectivity index (χ4v) is 2.61. The molecule has 0 aliphatic heterocycles. The Balaban J connectivity index is 2.04. The summed E-state index contributed by atoms with van der Waals surface area (Å²) in [6.07, 6.45) is 0. The van der Waals surface area contributed by atoms with E-state index in [4.69, 9.17) is 28.3 Å². The second kappa shape index (κ2) is 6.58. The summed E-state index contributed by atoms with van der Waals surface area (Å²) < 4.78 is 1.65. The molecule has 106 valence electrons. The van der Waals surface area contributed by atoms with E-state index in [9.17, 15) is 4.79 Å². The summed E-state index contributed by atoms with van der Waals surface area (Å²) in [5, 5.41) is 18.1. The number of aliphatic hydroxyl groups is 1. The number of aliphatic hydroxyl groups excluding tert-OH is 1. The summed E-state index contributed by atoms with van der Waals surface area (Å²) in [6, 6.07) is 4.77. The van der Waals surface area contributed by atoms with Gasteiger partial charge >= 0.3 is 0 Å². The van der Waals surface area contributed by atoms with E-state index in [1.807, 2.05) is 0 Å². The van der Waals surface area contributed by atoms with E-state index >= 15 is 0 Å². The van der Waals surface area contributed by atoms with E-state index in [1.54, 1.807) is 29.8 Å². The second-order valence-corrected chi connectivity index (χ2v) is 5.71. The predicted octanol–water partition coefficient (Wildman–Crippen LogP) is 2.59. The SMILES string of the molecule is Cn1c(CO)nnc1SCC(=O)c1ccc(Cl)c(Cl)c1. The molecule has 2 aromatic rings. The first-order chi connectivity index (χ1) is 9.52. The van der Waals surface area contributed by atoms with Gasteiger partial charge in [-0.1, -0.05) is 35.0 Å². The Bertz CT molecular complexity index is 646. The quantitative estimate of drug-likeness (QED) is 0.673. The zero-order valence-corrected chi connectivity index (χ0v) is 12.8. The highest BCUT2D eigenvalue weighted by atomic mass is 35.5. The number of ketones is 1. The number of Topliss-reactive ketones (excluding diaryl/α,β-unsaturated/α-hetero) is 1. The van der Waals surface area contributed by atoms with Crippen LogP contribution in [0.1, 0.15) is 16.2 Å². The van der Waals surface area contributed by atoms with Gasteiger partial charge in [0, 0.05) is 12.6 Å². The fraction of sp³-hybridized carbons (Fsp3) is 0.250. The predicted molar refractivity (Wildman–Crippen MR) is 78.4 cm³/mol. The molecule has 0 spiro atoms. The van der Waals surface area contributed by atoms with Gasteiger partial charge in [0.05, 0.1) is 15.8 Å². The summed E-state index contributed by atoms with van der Waals surface area (Å²) in [7, 11) is 1.73. The Kier molecular flexibility index (Phi) is 5.04. The van der Waals surface area contributed by atoms with Crippen LogP contribution in [0.15, 0.2) is 23.4 Å². The first kappa shape index (κ1) is 15.3. The van der Waals surface area contributed by atoms with E-state index in [0.29, 0.717) is 26.6 Å². The van der Waals surface area contributed by atoms with Crippen molar-refractivity contribution in [3.05, 3.63) is 39.6 Å². The molecule has 1 N–H and O–H groups in total. The molecule has 0 amide bonds. The van der Waals surface area contributed by atoms with Gasteiger partial charge in [-0.05, 0) is 18.2 Å². The van der Waals surface area contributed by atoms with E-state index in [0.717, 1.165) is 0 Å². The van der Waals surface area contributed by atoms with Crippen LogP contribution in [0.4, 0.5) is 0 Å². The molecular formula is C12H11Cl2N3O2S. The second-order valence-electron chi connectivity index (χ2n) is 3.96. The summed E-state index contributed by atoms with van der Waals surface area (Å²) in [5.41, 5.74) is 0.497. The molecule has 0 radical (unpaired) electrons. The van der Waals surface area contributed by atoms with Gasteiger partial charge in [-0.3, -0.25) is 4.79 Å². The van der Waals surface area contributed by atoms with Crippen LogP contribution in [0.5, 0.6) is 0 Å². The van der Waals surface area contributed by atoms with E-state index < -0.39 is 0 Å². The number of rotatable bonds is 5. The van der Waals surface area contributed by atoms with Gasteiger partial charge in [-0.15, -0.1) is 10.2 Å². The minimum atomic E-state index is -0.190. The number of hydrogen-bond acceptors (Lipinski definition) is 5. The van der Waals surface area contributed by atoms with E-state index in [-0.39, 0.29) is 18.1 Å². The van der Waals surface area contributed by atoms with Crippen LogP contribution in [0, 0.1) is 0 Å². The molecular weight excluding hydrogens is 321 g/mol. The van der Waals surface area contributed by atoms with Gasteiger partial charge in [0.15, 0.2) is 16.8 Å². The first-order valence-electron chi connectivity index (χ1n) is 5.63. The first-order valence-corrected chi connectivity index (χ1v) is 7.37. The molecule has 1 aromatic carbocycles. The van der Waals surface area contributed by atoms with Crippen LogP contribution in [-0.4, -0.2) is 31.4 Å². The maximum Gasteiger partial charge on any atom is 0.191 e. The molecule has 0 aliphatic carbocycles. The normalized spacial score (nSPS) is 10.8. The van der Waals surface area contributed by atoms with Crippen LogP contribution < -0.4 is 0 Å². The number of thioether (sulfide) groups is 1. The number of benzene rings is 1.